The zero-order valence-corrected chi connectivity index (χ0v) is 11.9. The van der Waals surface area contributed by atoms with Gasteiger partial charge in [0.25, 0.3) is 0 Å². The molecule has 0 aromatic carbocycles. The summed E-state index contributed by atoms with van der Waals surface area (Å²) in [7, 11) is 0. The summed E-state index contributed by atoms with van der Waals surface area (Å²) >= 11 is 5.10. The van der Waals surface area contributed by atoms with E-state index in [1.807, 2.05) is 24.3 Å². The number of hydrogen-bond acceptors (Lipinski definition) is 3. The minimum absolute atomic E-state index is 0.0609. The zero-order chi connectivity index (χ0) is 14.4. The largest absolute Gasteiger partial charge is 0.481 e. The highest BCUT2D eigenvalue weighted by atomic mass is 32.1. The van der Waals surface area contributed by atoms with Crippen LogP contribution in [0.2, 0.25) is 0 Å². The highest BCUT2D eigenvalue weighted by Crippen LogP contribution is 2.15. The summed E-state index contributed by atoms with van der Waals surface area (Å²) in [5.41, 5.74) is 0.917. The van der Waals surface area contributed by atoms with E-state index < -0.39 is 5.97 Å². The van der Waals surface area contributed by atoms with Crippen LogP contribution in [0.25, 0.3) is 0 Å². The van der Waals surface area contributed by atoms with Crippen LogP contribution >= 0.6 is 12.2 Å². The highest BCUT2D eigenvalue weighted by Gasteiger charge is 2.24. The SMILES string of the molecule is O=C(O)CCCCCN=C1NC(=S)N=C2C=CC=CC21. The number of amidine groups is 1. The Bertz CT molecular complexity index is 521. The summed E-state index contributed by atoms with van der Waals surface area (Å²) < 4.78 is 0. The Kier molecular flexibility index (Phi) is 5.17. The molecule has 6 heteroatoms. The molecule has 0 spiro atoms. The van der Waals surface area contributed by atoms with E-state index in [1.54, 1.807) is 0 Å². The van der Waals surface area contributed by atoms with Gasteiger partial charge in [-0.15, -0.1) is 0 Å². The number of carboxylic acids is 1. The Morgan fingerprint density at radius 3 is 3.05 bits per heavy atom. The van der Waals surface area contributed by atoms with Gasteiger partial charge in [-0.1, -0.05) is 24.6 Å². The van der Waals surface area contributed by atoms with Crippen LogP contribution < -0.4 is 5.32 Å². The average Bonchev–Trinajstić information content (AvgIpc) is 2.42. The van der Waals surface area contributed by atoms with E-state index in [9.17, 15) is 4.79 Å². The first-order valence-corrected chi connectivity index (χ1v) is 7.08. The smallest absolute Gasteiger partial charge is 0.303 e. The average molecular weight is 291 g/mol. The molecule has 1 unspecified atom stereocenters. The molecular formula is C14H17N3O2S. The maximum Gasteiger partial charge on any atom is 0.303 e. The van der Waals surface area contributed by atoms with Gasteiger partial charge in [0.1, 0.15) is 5.84 Å². The Labute approximate surface area is 123 Å². The molecule has 0 saturated carbocycles. The first-order chi connectivity index (χ1) is 9.66. The van der Waals surface area contributed by atoms with Gasteiger partial charge in [0.2, 0.25) is 0 Å². The van der Waals surface area contributed by atoms with Crippen LogP contribution in [0.5, 0.6) is 0 Å². The number of allylic oxidation sites excluding steroid dienone is 3. The number of aliphatic imine (C=N–C) groups is 2. The van der Waals surface area contributed by atoms with Crippen molar-refractivity contribution in [2.24, 2.45) is 15.9 Å². The normalized spacial score (nSPS) is 22.4. The zero-order valence-electron chi connectivity index (χ0n) is 11.1. The molecule has 0 amide bonds. The van der Waals surface area contributed by atoms with Crippen LogP contribution in [0.1, 0.15) is 25.7 Å². The molecule has 1 aliphatic carbocycles. The minimum atomic E-state index is -0.740. The van der Waals surface area contributed by atoms with E-state index in [0.29, 0.717) is 18.1 Å². The molecule has 0 fully saturated rings. The van der Waals surface area contributed by atoms with E-state index in [0.717, 1.165) is 24.4 Å². The van der Waals surface area contributed by atoms with Gasteiger partial charge in [0.15, 0.2) is 5.11 Å². The van der Waals surface area contributed by atoms with Crippen LogP contribution in [0.15, 0.2) is 34.3 Å². The molecule has 0 saturated heterocycles. The van der Waals surface area contributed by atoms with E-state index in [1.165, 1.54) is 0 Å². The molecular weight excluding hydrogens is 274 g/mol. The monoisotopic (exact) mass is 291 g/mol. The van der Waals surface area contributed by atoms with Gasteiger partial charge in [-0.2, -0.15) is 0 Å². The minimum Gasteiger partial charge on any atom is -0.481 e. The molecule has 0 aromatic heterocycles. The fraction of sp³-hybridized carbons (Fsp3) is 0.429. The van der Waals surface area contributed by atoms with E-state index >= 15 is 0 Å². The van der Waals surface area contributed by atoms with E-state index in [4.69, 9.17) is 17.3 Å². The summed E-state index contributed by atoms with van der Waals surface area (Å²) in [6, 6.07) is 0. The second kappa shape index (κ2) is 7.09. The number of fused-ring (bicyclic) bond motifs is 1. The van der Waals surface area contributed by atoms with Gasteiger partial charge in [-0.05, 0) is 31.1 Å². The van der Waals surface area contributed by atoms with Crippen LogP contribution in [-0.4, -0.2) is 34.3 Å². The molecule has 2 aliphatic rings. The molecule has 5 nitrogen and oxygen atoms in total. The first kappa shape index (κ1) is 14.6. The van der Waals surface area contributed by atoms with Crippen molar-refractivity contribution in [1.82, 2.24) is 5.32 Å². The molecule has 106 valence electrons. The molecule has 0 radical (unpaired) electrons. The summed E-state index contributed by atoms with van der Waals surface area (Å²) in [4.78, 5) is 19.2. The molecule has 1 heterocycles. The Hall–Kier alpha value is -1.82. The van der Waals surface area contributed by atoms with Crippen molar-refractivity contribution >= 4 is 34.8 Å². The van der Waals surface area contributed by atoms with Crippen molar-refractivity contribution in [3.8, 4) is 0 Å². The number of thiocarbonyl (C=S) groups is 1. The summed E-state index contributed by atoms with van der Waals surface area (Å²) in [5.74, 6) is 0.153. The maximum atomic E-state index is 10.4. The third kappa shape index (κ3) is 4.09. The Morgan fingerprint density at radius 1 is 1.40 bits per heavy atom. The van der Waals surface area contributed by atoms with Gasteiger partial charge in [-0.25, -0.2) is 4.99 Å². The van der Waals surface area contributed by atoms with Crippen molar-refractivity contribution in [3.05, 3.63) is 24.3 Å². The molecule has 1 atom stereocenters. The fourth-order valence-corrected chi connectivity index (χ4v) is 2.31. The second-order valence-corrected chi connectivity index (χ2v) is 5.05. The van der Waals surface area contributed by atoms with Gasteiger partial charge in [0, 0.05) is 13.0 Å². The molecule has 1 aliphatic heterocycles. The van der Waals surface area contributed by atoms with Crippen molar-refractivity contribution in [2.75, 3.05) is 6.54 Å². The lowest BCUT2D eigenvalue weighted by Gasteiger charge is -2.24. The van der Waals surface area contributed by atoms with Gasteiger partial charge < -0.3 is 10.4 Å². The van der Waals surface area contributed by atoms with Crippen molar-refractivity contribution in [1.29, 1.82) is 0 Å². The highest BCUT2D eigenvalue weighted by molar-refractivity contribution is 7.80. The third-order valence-electron chi connectivity index (χ3n) is 3.09. The lowest BCUT2D eigenvalue weighted by atomic mass is 9.96. The standard InChI is InChI=1S/C14H17N3O2S/c18-12(19)8-2-1-5-9-15-13-10-6-3-4-7-11(10)16-14(20)17-13/h3-4,6-7,10H,1-2,5,8-9H2,(H,18,19)(H,15,17,20). The molecule has 0 aromatic rings. The lowest BCUT2D eigenvalue weighted by molar-refractivity contribution is -0.137. The molecule has 2 rings (SSSR count). The Balaban J connectivity index is 1.85. The third-order valence-corrected chi connectivity index (χ3v) is 3.28. The van der Waals surface area contributed by atoms with Crippen LogP contribution in [0, 0.1) is 5.92 Å². The topological polar surface area (TPSA) is 74.0 Å². The number of carbonyl (C=O) groups is 1. The predicted octanol–water partition coefficient (Wildman–Crippen LogP) is 2.10. The Morgan fingerprint density at radius 2 is 2.25 bits per heavy atom. The molecule has 0 bridgehead atoms. The van der Waals surface area contributed by atoms with Crippen LogP contribution in [0.4, 0.5) is 0 Å². The van der Waals surface area contributed by atoms with Gasteiger partial charge in [0.05, 0.1) is 11.6 Å². The quantitative estimate of drug-likeness (QED) is 0.580. The summed E-state index contributed by atoms with van der Waals surface area (Å²) in [6.45, 7) is 0.673. The van der Waals surface area contributed by atoms with Gasteiger partial charge in [-0.3, -0.25) is 9.79 Å². The lowest BCUT2D eigenvalue weighted by Crippen LogP contribution is -2.42. The van der Waals surface area contributed by atoms with Crippen LogP contribution in [0.3, 0.4) is 0 Å². The number of unbranched alkanes of at least 4 members (excludes halogenated alkanes) is 2. The second-order valence-electron chi connectivity index (χ2n) is 4.66. The van der Waals surface area contributed by atoms with Gasteiger partial charge >= 0.3 is 5.97 Å². The number of aliphatic carboxylic acids is 1. The fourth-order valence-electron chi connectivity index (χ4n) is 2.10. The number of nitrogens with zero attached hydrogens (tertiary/aromatic N) is 2. The molecule has 2 N–H and O–H groups in total. The van der Waals surface area contributed by atoms with Crippen molar-refractivity contribution in [3.63, 3.8) is 0 Å². The van der Waals surface area contributed by atoms with E-state index in [-0.39, 0.29) is 12.3 Å². The number of carboxylic acid groups (broad SMARTS) is 1. The number of rotatable bonds is 6. The van der Waals surface area contributed by atoms with Crippen molar-refractivity contribution in [2.45, 2.75) is 25.7 Å². The summed E-state index contributed by atoms with van der Waals surface area (Å²) in [5, 5.41) is 12.0. The maximum absolute atomic E-state index is 10.4. The van der Waals surface area contributed by atoms with Crippen LogP contribution in [-0.2, 0) is 4.79 Å². The van der Waals surface area contributed by atoms with Crippen molar-refractivity contribution < 1.29 is 9.90 Å². The van der Waals surface area contributed by atoms with E-state index in [2.05, 4.69) is 15.3 Å². The number of hydrogen-bond donors (Lipinski definition) is 2. The summed E-state index contributed by atoms with van der Waals surface area (Å²) in [6.07, 6.45) is 10.6. The first-order valence-electron chi connectivity index (χ1n) is 6.67. The molecule has 20 heavy (non-hydrogen) atoms. The predicted molar refractivity (Wildman–Crippen MR) is 83.3 cm³/mol. The number of nitrogens with one attached hydrogen (secondary N) is 1.